The number of H-pyrrole nitrogens is 1. The van der Waals surface area contributed by atoms with Crippen LogP contribution in [0.5, 0.6) is 0 Å². The number of nitrogens with zero attached hydrogens (tertiary/aromatic N) is 3. The number of hydrogen-bond acceptors (Lipinski definition) is 5. The maximum Gasteiger partial charge on any atom is 0.229 e. The first-order chi connectivity index (χ1) is 15.2. The molecule has 4 aromatic rings. The smallest absolute Gasteiger partial charge is 0.229 e. The van der Waals surface area contributed by atoms with E-state index < -0.39 is 0 Å². The molecule has 2 amide bonds. The van der Waals surface area contributed by atoms with Gasteiger partial charge >= 0.3 is 0 Å². The molecule has 1 saturated heterocycles. The topological polar surface area (TPSA) is 91.0 Å². The molecule has 0 saturated carbocycles. The van der Waals surface area contributed by atoms with Gasteiger partial charge in [-0.15, -0.1) is 11.3 Å². The summed E-state index contributed by atoms with van der Waals surface area (Å²) in [5.74, 6) is 0.0339. The first kappa shape index (κ1) is 19.4. The van der Waals surface area contributed by atoms with E-state index in [1.165, 1.54) is 0 Å². The SMILES string of the molecule is O=C(NCCc1nc(-c2ccccc2)cs1)C1CC(=O)N(c2n[nH]c3ccccc23)C1. The Bertz CT molecular complexity index is 1230. The molecule has 156 valence electrons. The average molecular weight is 432 g/mol. The second-order valence-electron chi connectivity index (χ2n) is 7.53. The van der Waals surface area contributed by atoms with Crippen molar-refractivity contribution < 1.29 is 9.59 Å². The summed E-state index contributed by atoms with van der Waals surface area (Å²) in [5.41, 5.74) is 2.91. The summed E-state index contributed by atoms with van der Waals surface area (Å²) >= 11 is 1.59. The number of amides is 2. The number of hydrogen-bond donors (Lipinski definition) is 2. The minimum Gasteiger partial charge on any atom is -0.355 e. The number of para-hydroxylation sites is 1. The van der Waals surface area contributed by atoms with Crippen molar-refractivity contribution in [2.45, 2.75) is 12.8 Å². The van der Waals surface area contributed by atoms with Crippen LogP contribution in [-0.2, 0) is 16.0 Å². The number of anilines is 1. The lowest BCUT2D eigenvalue weighted by molar-refractivity contribution is -0.126. The molecule has 0 aliphatic carbocycles. The van der Waals surface area contributed by atoms with Crippen molar-refractivity contribution in [3.8, 4) is 11.3 Å². The monoisotopic (exact) mass is 431 g/mol. The van der Waals surface area contributed by atoms with E-state index in [0.717, 1.165) is 27.2 Å². The van der Waals surface area contributed by atoms with Gasteiger partial charge in [-0.25, -0.2) is 4.98 Å². The molecule has 0 bridgehead atoms. The van der Waals surface area contributed by atoms with Gasteiger partial charge in [0.2, 0.25) is 11.8 Å². The van der Waals surface area contributed by atoms with Crippen molar-refractivity contribution in [1.29, 1.82) is 0 Å². The highest BCUT2D eigenvalue weighted by molar-refractivity contribution is 7.09. The molecule has 2 N–H and O–H groups in total. The Morgan fingerprint density at radius 2 is 1.97 bits per heavy atom. The fraction of sp³-hybridized carbons (Fsp3) is 0.217. The minimum atomic E-state index is -0.376. The number of carbonyl (C=O) groups is 2. The van der Waals surface area contributed by atoms with Crippen molar-refractivity contribution in [3.63, 3.8) is 0 Å². The third kappa shape index (κ3) is 3.94. The highest BCUT2D eigenvalue weighted by Gasteiger charge is 2.36. The molecular formula is C23H21N5O2S. The summed E-state index contributed by atoms with van der Waals surface area (Å²) in [6, 6.07) is 17.7. The predicted molar refractivity (Wildman–Crippen MR) is 121 cm³/mol. The van der Waals surface area contributed by atoms with E-state index in [0.29, 0.717) is 25.3 Å². The number of benzene rings is 2. The third-order valence-corrected chi connectivity index (χ3v) is 6.37. The van der Waals surface area contributed by atoms with E-state index in [1.807, 2.05) is 60.0 Å². The molecule has 0 spiro atoms. The third-order valence-electron chi connectivity index (χ3n) is 5.46. The van der Waals surface area contributed by atoms with E-state index in [4.69, 9.17) is 0 Å². The van der Waals surface area contributed by atoms with Gasteiger partial charge in [-0.2, -0.15) is 5.10 Å². The van der Waals surface area contributed by atoms with Gasteiger partial charge in [-0.3, -0.25) is 19.6 Å². The molecule has 2 aromatic carbocycles. The maximum atomic E-state index is 12.7. The van der Waals surface area contributed by atoms with Gasteiger partial charge in [0.25, 0.3) is 0 Å². The Balaban J connectivity index is 1.17. The molecular weight excluding hydrogens is 410 g/mol. The lowest BCUT2D eigenvalue weighted by Gasteiger charge is -2.14. The lowest BCUT2D eigenvalue weighted by Crippen LogP contribution is -2.34. The summed E-state index contributed by atoms with van der Waals surface area (Å²) < 4.78 is 0. The van der Waals surface area contributed by atoms with E-state index >= 15 is 0 Å². The molecule has 3 heterocycles. The van der Waals surface area contributed by atoms with Crippen molar-refractivity contribution >= 4 is 39.9 Å². The zero-order chi connectivity index (χ0) is 21.2. The molecule has 1 unspecified atom stereocenters. The second kappa shape index (κ2) is 8.31. The van der Waals surface area contributed by atoms with Gasteiger partial charge < -0.3 is 5.32 Å². The largest absolute Gasteiger partial charge is 0.355 e. The molecule has 5 rings (SSSR count). The number of fused-ring (bicyclic) bond motifs is 1. The molecule has 0 radical (unpaired) electrons. The van der Waals surface area contributed by atoms with Gasteiger partial charge in [-0.1, -0.05) is 42.5 Å². The molecule has 8 heteroatoms. The van der Waals surface area contributed by atoms with Crippen LogP contribution in [0.1, 0.15) is 11.4 Å². The molecule has 7 nitrogen and oxygen atoms in total. The summed E-state index contributed by atoms with van der Waals surface area (Å²) in [4.78, 5) is 31.5. The molecule has 1 atom stereocenters. The van der Waals surface area contributed by atoms with Gasteiger partial charge in [-0.05, 0) is 12.1 Å². The van der Waals surface area contributed by atoms with Crippen LogP contribution in [0.2, 0.25) is 0 Å². The Labute approximate surface area is 183 Å². The second-order valence-corrected chi connectivity index (χ2v) is 8.47. The fourth-order valence-corrected chi connectivity index (χ4v) is 4.65. The van der Waals surface area contributed by atoms with Crippen LogP contribution in [0.25, 0.3) is 22.2 Å². The summed E-state index contributed by atoms with van der Waals surface area (Å²) in [5, 5.41) is 14.1. The van der Waals surface area contributed by atoms with Crippen LogP contribution in [-0.4, -0.2) is 40.1 Å². The number of thiazole rings is 1. The van der Waals surface area contributed by atoms with Crippen molar-refractivity contribution in [2.75, 3.05) is 18.0 Å². The van der Waals surface area contributed by atoms with Crippen molar-refractivity contribution in [2.24, 2.45) is 5.92 Å². The van der Waals surface area contributed by atoms with E-state index in [-0.39, 0.29) is 24.2 Å². The molecule has 1 aliphatic rings. The van der Waals surface area contributed by atoms with Gasteiger partial charge in [0.05, 0.1) is 22.1 Å². The lowest BCUT2D eigenvalue weighted by atomic mass is 10.1. The summed E-state index contributed by atoms with van der Waals surface area (Å²) in [6.07, 6.45) is 0.861. The molecule has 1 aliphatic heterocycles. The zero-order valence-electron chi connectivity index (χ0n) is 16.7. The van der Waals surface area contributed by atoms with Crippen LogP contribution < -0.4 is 10.2 Å². The number of aromatic nitrogens is 3. The Morgan fingerprint density at radius 1 is 1.16 bits per heavy atom. The van der Waals surface area contributed by atoms with Gasteiger partial charge in [0.15, 0.2) is 5.82 Å². The number of carbonyl (C=O) groups excluding carboxylic acids is 2. The van der Waals surface area contributed by atoms with Gasteiger partial charge in [0.1, 0.15) is 0 Å². The first-order valence-corrected chi connectivity index (χ1v) is 11.1. The van der Waals surface area contributed by atoms with Crippen molar-refractivity contribution in [1.82, 2.24) is 20.5 Å². The average Bonchev–Trinajstić information content (AvgIpc) is 3.52. The Hall–Kier alpha value is -3.52. The van der Waals surface area contributed by atoms with Crippen LogP contribution in [0, 0.1) is 5.92 Å². The fourth-order valence-electron chi connectivity index (χ4n) is 3.85. The normalized spacial score (nSPS) is 16.2. The van der Waals surface area contributed by atoms with E-state index in [2.05, 4.69) is 20.5 Å². The maximum absolute atomic E-state index is 12.7. The molecule has 31 heavy (non-hydrogen) atoms. The highest BCUT2D eigenvalue weighted by atomic mass is 32.1. The van der Waals surface area contributed by atoms with Crippen LogP contribution >= 0.6 is 11.3 Å². The van der Waals surface area contributed by atoms with Gasteiger partial charge in [0, 0.05) is 42.3 Å². The minimum absolute atomic E-state index is 0.0789. The number of rotatable bonds is 6. The molecule has 2 aromatic heterocycles. The van der Waals surface area contributed by atoms with Crippen LogP contribution in [0.4, 0.5) is 5.82 Å². The van der Waals surface area contributed by atoms with Crippen LogP contribution in [0.3, 0.4) is 0 Å². The Kier molecular flexibility index (Phi) is 5.21. The van der Waals surface area contributed by atoms with Crippen LogP contribution in [0.15, 0.2) is 60.0 Å². The zero-order valence-corrected chi connectivity index (χ0v) is 17.6. The predicted octanol–water partition coefficient (Wildman–Crippen LogP) is 3.40. The number of aromatic amines is 1. The standard InChI is InChI=1S/C23H21N5O2S/c29-21-12-16(13-28(21)22-17-8-4-5-9-18(17)26-27-22)23(30)24-11-10-20-25-19(14-31-20)15-6-2-1-3-7-15/h1-9,14,16H,10-13H2,(H,24,30)(H,26,27). The summed E-state index contributed by atoms with van der Waals surface area (Å²) in [6.45, 7) is 0.839. The summed E-state index contributed by atoms with van der Waals surface area (Å²) in [7, 11) is 0. The van der Waals surface area contributed by atoms with E-state index in [9.17, 15) is 9.59 Å². The number of nitrogens with one attached hydrogen (secondary N) is 2. The van der Waals surface area contributed by atoms with Crippen molar-refractivity contribution in [3.05, 3.63) is 65.0 Å². The Morgan fingerprint density at radius 3 is 2.84 bits per heavy atom. The quantitative estimate of drug-likeness (QED) is 0.490. The highest BCUT2D eigenvalue weighted by Crippen LogP contribution is 2.29. The molecule has 1 fully saturated rings. The van der Waals surface area contributed by atoms with E-state index in [1.54, 1.807) is 16.2 Å². The first-order valence-electron chi connectivity index (χ1n) is 10.2.